The van der Waals surface area contributed by atoms with Crippen molar-refractivity contribution in [2.24, 2.45) is 0 Å². The Morgan fingerprint density at radius 1 is 1.04 bits per heavy atom. The number of rotatable bonds is 4. The first-order valence-corrected chi connectivity index (χ1v) is 10.4. The number of halogens is 1. The molecule has 0 aromatic heterocycles. The van der Waals surface area contributed by atoms with E-state index in [0.29, 0.717) is 6.04 Å². The first kappa shape index (κ1) is 22.8. The zero-order chi connectivity index (χ0) is 17.9. The standard InChI is InChI=1S/C22H26N2OS.ClH.H2O/c1-16(25)23-20-8-2-3-10-22(20)26-19-13-11-17(12-14-19)21-9-4-6-18-7-5-15-24(18)21;;/h2-3,8,10-14,18,21H,4-7,9,15H2,1H3,(H,23,25);1H;1H2/t18-,21+;;/m1../s1. The number of carbonyl (C=O) groups is 1. The Morgan fingerprint density at radius 3 is 2.50 bits per heavy atom. The molecule has 0 saturated carbocycles. The molecular formula is C22H29ClN2O2S. The summed E-state index contributed by atoms with van der Waals surface area (Å²) >= 11 is 1.70. The minimum Gasteiger partial charge on any atom is -0.412 e. The van der Waals surface area contributed by atoms with E-state index in [4.69, 9.17) is 0 Å². The molecule has 2 aromatic carbocycles. The van der Waals surface area contributed by atoms with Crippen molar-refractivity contribution in [2.75, 3.05) is 11.9 Å². The second-order valence-corrected chi connectivity index (χ2v) is 8.44. The predicted molar refractivity (Wildman–Crippen MR) is 118 cm³/mol. The van der Waals surface area contributed by atoms with Gasteiger partial charge in [-0.15, -0.1) is 12.4 Å². The Hall–Kier alpha value is -1.53. The second kappa shape index (κ2) is 10.3. The van der Waals surface area contributed by atoms with E-state index in [1.54, 1.807) is 18.7 Å². The van der Waals surface area contributed by atoms with Gasteiger partial charge in [0, 0.05) is 28.8 Å². The third kappa shape index (κ3) is 5.09. The van der Waals surface area contributed by atoms with Crippen LogP contribution >= 0.6 is 24.2 Å². The maximum absolute atomic E-state index is 11.4. The topological polar surface area (TPSA) is 63.8 Å². The Morgan fingerprint density at radius 2 is 1.75 bits per heavy atom. The van der Waals surface area contributed by atoms with Crippen molar-refractivity contribution in [3.8, 4) is 0 Å². The highest BCUT2D eigenvalue weighted by Crippen LogP contribution is 2.40. The summed E-state index contributed by atoms with van der Waals surface area (Å²) in [4.78, 5) is 16.4. The number of hydrogen-bond donors (Lipinski definition) is 1. The van der Waals surface area contributed by atoms with Gasteiger partial charge in [0.25, 0.3) is 0 Å². The molecule has 0 bridgehead atoms. The summed E-state index contributed by atoms with van der Waals surface area (Å²) in [5.74, 6) is -0.0362. The van der Waals surface area contributed by atoms with Gasteiger partial charge in [0.15, 0.2) is 0 Å². The normalized spacial score (nSPS) is 21.2. The number of para-hydroxylation sites is 1. The van der Waals surface area contributed by atoms with Gasteiger partial charge >= 0.3 is 0 Å². The SMILES string of the molecule is CC(=O)Nc1ccccc1Sc1ccc([C@@H]2CCC[C@@H]3CCCN32)cc1.Cl.O. The molecule has 2 heterocycles. The minimum atomic E-state index is -0.0362. The Kier molecular flexibility index (Phi) is 8.38. The summed E-state index contributed by atoms with van der Waals surface area (Å²) in [7, 11) is 0. The molecule has 3 N–H and O–H groups in total. The van der Waals surface area contributed by atoms with Crippen molar-refractivity contribution >= 4 is 35.8 Å². The first-order chi connectivity index (χ1) is 12.7. The third-order valence-electron chi connectivity index (χ3n) is 5.53. The van der Waals surface area contributed by atoms with E-state index in [-0.39, 0.29) is 23.8 Å². The molecule has 1 amide bonds. The molecule has 2 atom stereocenters. The molecule has 0 spiro atoms. The van der Waals surface area contributed by atoms with Crippen LogP contribution in [-0.4, -0.2) is 28.9 Å². The van der Waals surface area contributed by atoms with E-state index in [2.05, 4.69) is 40.5 Å². The van der Waals surface area contributed by atoms with Crippen LogP contribution < -0.4 is 5.32 Å². The number of benzene rings is 2. The lowest BCUT2D eigenvalue weighted by atomic mass is 9.92. The summed E-state index contributed by atoms with van der Waals surface area (Å²) in [6.45, 7) is 2.81. The lowest BCUT2D eigenvalue weighted by molar-refractivity contribution is -0.114. The van der Waals surface area contributed by atoms with Crippen molar-refractivity contribution in [2.45, 2.75) is 60.9 Å². The molecule has 4 rings (SSSR count). The van der Waals surface area contributed by atoms with Gasteiger partial charge in [0.1, 0.15) is 0 Å². The number of fused-ring (bicyclic) bond motifs is 1. The quantitative estimate of drug-likeness (QED) is 0.749. The van der Waals surface area contributed by atoms with Crippen LogP contribution in [0, 0.1) is 0 Å². The monoisotopic (exact) mass is 420 g/mol. The molecule has 0 unspecified atom stereocenters. The Bertz CT molecular complexity index is 784. The predicted octanol–water partition coefficient (Wildman–Crippen LogP) is 5.08. The fourth-order valence-electron chi connectivity index (χ4n) is 4.38. The number of piperidine rings is 1. The van der Waals surface area contributed by atoms with Crippen LogP contribution in [0.25, 0.3) is 0 Å². The Labute approximate surface area is 177 Å². The maximum Gasteiger partial charge on any atom is 0.221 e. The van der Waals surface area contributed by atoms with E-state index in [9.17, 15) is 4.79 Å². The van der Waals surface area contributed by atoms with Crippen molar-refractivity contribution in [3.05, 3.63) is 54.1 Å². The van der Waals surface area contributed by atoms with Crippen LogP contribution in [0.2, 0.25) is 0 Å². The number of nitrogens with zero attached hydrogens (tertiary/aromatic N) is 1. The lowest BCUT2D eigenvalue weighted by Gasteiger charge is -2.38. The third-order valence-corrected chi connectivity index (χ3v) is 6.61. The molecule has 2 aromatic rings. The molecule has 4 nitrogen and oxygen atoms in total. The zero-order valence-corrected chi connectivity index (χ0v) is 17.8. The molecule has 28 heavy (non-hydrogen) atoms. The van der Waals surface area contributed by atoms with E-state index < -0.39 is 0 Å². The van der Waals surface area contributed by atoms with Crippen molar-refractivity contribution < 1.29 is 10.3 Å². The number of hydrogen-bond acceptors (Lipinski definition) is 3. The second-order valence-electron chi connectivity index (χ2n) is 7.33. The molecule has 152 valence electrons. The van der Waals surface area contributed by atoms with Gasteiger partial charge in [-0.3, -0.25) is 9.69 Å². The van der Waals surface area contributed by atoms with Gasteiger partial charge in [-0.05, 0) is 68.5 Å². The van der Waals surface area contributed by atoms with E-state index >= 15 is 0 Å². The zero-order valence-electron chi connectivity index (χ0n) is 16.2. The number of amides is 1. The molecule has 0 radical (unpaired) electrons. The molecule has 2 aliphatic rings. The molecule has 2 fully saturated rings. The average Bonchev–Trinajstić information content (AvgIpc) is 3.12. The fourth-order valence-corrected chi connectivity index (χ4v) is 5.28. The van der Waals surface area contributed by atoms with Crippen LogP contribution in [0.5, 0.6) is 0 Å². The van der Waals surface area contributed by atoms with E-state index in [1.165, 1.54) is 49.1 Å². The van der Waals surface area contributed by atoms with Crippen LogP contribution in [0.3, 0.4) is 0 Å². The highest BCUT2D eigenvalue weighted by Gasteiger charge is 2.34. The van der Waals surface area contributed by atoms with Crippen LogP contribution in [0.1, 0.15) is 50.6 Å². The summed E-state index contributed by atoms with van der Waals surface area (Å²) in [6, 6.07) is 18.4. The van der Waals surface area contributed by atoms with E-state index in [1.807, 2.05) is 18.2 Å². The Balaban J connectivity index is 0.00000140. The molecule has 2 aliphatic heterocycles. The smallest absolute Gasteiger partial charge is 0.221 e. The van der Waals surface area contributed by atoms with Crippen LogP contribution in [-0.2, 0) is 4.79 Å². The van der Waals surface area contributed by atoms with Crippen molar-refractivity contribution in [3.63, 3.8) is 0 Å². The largest absolute Gasteiger partial charge is 0.412 e. The van der Waals surface area contributed by atoms with E-state index in [0.717, 1.165) is 16.6 Å². The van der Waals surface area contributed by atoms with Gasteiger partial charge < -0.3 is 10.8 Å². The maximum atomic E-state index is 11.4. The highest BCUT2D eigenvalue weighted by molar-refractivity contribution is 7.99. The van der Waals surface area contributed by atoms with Gasteiger partial charge in [0.2, 0.25) is 5.91 Å². The van der Waals surface area contributed by atoms with Gasteiger partial charge in [-0.2, -0.15) is 0 Å². The molecular weight excluding hydrogens is 392 g/mol. The number of anilines is 1. The lowest BCUT2D eigenvalue weighted by Crippen LogP contribution is -2.37. The number of carbonyl (C=O) groups excluding carboxylic acids is 1. The number of nitrogens with one attached hydrogen (secondary N) is 1. The van der Waals surface area contributed by atoms with Crippen LogP contribution in [0.15, 0.2) is 58.3 Å². The summed E-state index contributed by atoms with van der Waals surface area (Å²) in [5.41, 5.74) is 2.33. The molecule has 6 heteroatoms. The summed E-state index contributed by atoms with van der Waals surface area (Å²) in [6.07, 6.45) is 6.75. The molecule has 2 saturated heterocycles. The van der Waals surface area contributed by atoms with Gasteiger partial charge in [0.05, 0.1) is 5.69 Å². The van der Waals surface area contributed by atoms with Gasteiger partial charge in [-0.1, -0.05) is 36.0 Å². The first-order valence-electron chi connectivity index (χ1n) is 9.61. The van der Waals surface area contributed by atoms with Crippen LogP contribution in [0.4, 0.5) is 5.69 Å². The summed E-state index contributed by atoms with van der Waals surface area (Å²) in [5, 5.41) is 2.92. The van der Waals surface area contributed by atoms with Crippen molar-refractivity contribution in [1.29, 1.82) is 0 Å². The van der Waals surface area contributed by atoms with Crippen molar-refractivity contribution in [1.82, 2.24) is 4.90 Å². The fraction of sp³-hybridized carbons (Fsp3) is 0.409. The average molecular weight is 421 g/mol. The summed E-state index contributed by atoms with van der Waals surface area (Å²) < 4.78 is 0. The highest BCUT2D eigenvalue weighted by atomic mass is 35.5. The van der Waals surface area contributed by atoms with Gasteiger partial charge in [-0.25, -0.2) is 0 Å². The molecule has 0 aliphatic carbocycles. The minimum absolute atomic E-state index is 0.